The molecule has 5 heteroatoms. The van der Waals surface area contributed by atoms with Gasteiger partial charge in [0.15, 0.2) is 0 Å². The van der Waals surface area contributed by atoms with Crippen molar-refractivity contribution in [1.82, 2.24) is 5.32 Å². The highest BCUT2D eigenvalue weighted by molar-refractivity contribution is 5.79. The third kappa shape index (κ3) is 2.87. The zero-order chi connectivity index (χ0) is 13.8. The Bertz CT molecular complexity index is 465. The number of para-hydroxylation sites is 1. The highest BCUT2D eigenvalue weighted by atomic mass is 19.1. The van der Waals surface area contributed by atoms with E-state index in [2.05, 4.69) is 5.32 Å². The van der Waals surface area contributed by atoms with Crippen LogP contribution in [-0.4, -0.2) is 31.2 Å². The lowest BCUT2D eigenvalue weighted by Gasteiger charge is -2.34. The normalized spacial score (nSPS) is 19.3. The lowest BCUT2D eigenvalue weighted by Crippen LogP contribution is -2.42. The quantitative estimate of drug-likeness (QED) is 0.866. The second-order valence-electron chi connectivity index (χ2n) is 4.81. The fourth-order valence-electron chi connectivity index (χ4n) is 2.64. The number of nitrogens with zero attached hydrogens (tertiary/aromatic N) is 1. The summed E-state index contributed by atoms with van der Waals surface area (Å²) >= 11 is 0. The number of amides is 1. The molecule has 19 heavy (non-hydrogen) atoms. The predicted octanol–water partition coefficient (Wildman–Crippen LogP) is 1.28. The first-order chi connectivity index (χ1) is 9.17. The molecule has 1 aliphatic heterocycles. The van der Waals surface area contributed by atoms with Gasteiger partial charge in [0.05, 0.1) is 18.2 Å². The van der Waals surface area contributed by atoms with Crippen LogP contribution >= 0.6 is 0 Å². The van der Waals surface area contributed by atoms with E-state index in [-0.39, 0.29) is 24.2 Å². The Balaban J connectivity index is 2.24. The van der Waals surface area contributed by atoms with E-state index in [1.165, 1.54) is 6.07 Å². The molecule has 0 spiro atoms. The minimum atomic E-state index is -0.343. The fourth-order valence-corrected chi connectivity index (χ4v) is 2.64. The van der Waals surface area contributed by atoms with E-state index in [1.54, 1.807) is 19.2 Å². The summed E-state index contributed by atoms with van der Waals surface area (Å²) in [5, 5.41) is 12.0. The first-order valence-corrected chi connectivity index (χ1v) is 6.52. The zero-order valence-electron chi connectivity index (χ0n) is 11.0. The maximum absolute atomic E-state index is 14.0. The third-order valence-electron chi connectivity index (χ3n) is 3.60. The number of aliphatic hydroxyl groups excluding tert-OH is 1. The van der Waals surface area contributed by atoms with Gasteiger partial charge in [-0.15, -0.1) is 0 Å². The minimum absolute atomic E-state index is 0.00779. The van der Waals surface area contributed by atoms with Gasteiger partial charge in [-0.1, -0.05) is 12.1 Å². The number of halogens is 1. The van der Waals surface area contributed by atoms with E-state index in [0.717, 1.165) is 12.8 Å². The monoisotopic (exact) mass is 266 g/mol. The average Bonchev–Trinajstić information content (AvgIpc) is 2.46. The Labute approximate surface area is 112 Å². The average molecular weight is 266 g/mol. The van der Waals surface area contributed by atoms with Crippen LogP contribution in [0.4, 0.5) is 10.1 Å². The van der Waals surface area contributed by atoms with Crippen LogP contribution in [0.5, 0.6) is 0 Å². The number of carbonyl (C=O) groups is 1. The highest BCUT2D eigenvalue weighted by Crippen LogP contribution is 2.29. The molecule has 1 atom stereocenters. The molecule has 1 fully saturated rings. The Morgan fingerprint density at radius 2 is 2.37 bits per heavy atom. The van der Waals surface area contributed by atoms with E-state index < -0.39 is 0 Å². The predicted molar refractivity (Wildman–Crippen MR) is 71.3 cm³/mol. The summed E-state index contributed by atoms with van der Waals surface area (Å²) in [6, 6.07) is 4.69. The van der Waals surface area contributed by atoms with E-state index in [4.69, 9.17) is 0 Å². The summed E-state index contributed by atoms with van der Waals surface area (Å²) in [6.45, 7) is 1.00. The van der Waals surface area contributed by atoms with E-state index in [0.29, 0.717) is 24.3 Å². The Kier molecular flexibility index (Phi) is 4.37. The first-order valence-electron chi connectivity index (χ1n) is 6.52. The lowest BCUT2D eigenvalue weighted by atomic mass is 9.96. The highest BCUT2D eigenvalue weighted by Gasteiger charge is 2.27. The van der Waals surface area contributed by atoms with Crippen LogP contribution in [0.15, 0.2) is 18.2 Å². The molecule has 2 N–H and O–H groups in total. The molecule has 2 rings (SSSR count). The lowest BCUT2D eigenvalue weighted by molar-refractivity contribution is -0.124. The van der Waals surface area contributed by atoms with Gasteiger partial charge < -0.3 is 15.3 Å². The largest absolute Gasteiger partial charge is 0.392 e. The van der Waals surface area contributed by atoms with Crippen LogP contribution in [0.2, 0.25) is 0 Å². The standard InChI is InChI=1S/C14H19FN2O2/c1-16-14(19)10-5-3-7-17(8-10)13-11(9-18)4-2-6-12(13)15/h2,4,6,10,18H,3,5,7-9H2,1H3,(H,16,19). The van der Waals surface area contributed by atoms with Gasteiger partial charge >= 0.3 is 0 Å². The number of nitrogens with one attached hydrogen (secondary N) is 1. The molecule has 104 valence electrons. The Morgan fingerprint density at radius 3 is 3.05 bits per heavy atom. The first kappa shape index (κ1) is 13.8. The number of hydrogen-bond acceptors (Lipinski definition) is 3. The summed E-state index contributed by atoms with van der Waals surface area (Å²) in [5.41, 5.74) is 0.996. The SMILES string of the molecule is CNC(=O)C1CCCN(c2c(F)cccc2CO)C1. The van der Waals surface area contributed by atoms with Crippen LogP contribution in [0.3, 0.4) is 0 Å². The molecule has 1 saturated heterocycles. The van der Waals surface area contributed by atoms with Gasteiger partial charge in [0.2, 0.25) is 5.91 Å². The van der Waals surface area contributed by atoms with E-state index >= 15 is 0 Å². The number of aliphatic hydroxyl groups is 1. The number of piperidine rings is 1. The maximum Gasteiger partial charge on any atom is 0.224 e. The number of carbonyl (C=O) groups excluding carboxylic acids is 1. The van der Waals surface area contributed by atoms with Crippen molar-refractivity contribution >= 4 is 11.6 Å². The van der Waals surface area contributed by atoms with Gasteiger partial charge in [-0.2, -0.15) is 0 Å². The van der Waals surface area contributed by atoms with Gasteiger partial charge in [0.1, 0.15) is 5.82 Å². The van der Waals surface area contributed by atoms with Crippen molar-refractivity contribution in [1.29, 1.82) is 0 Å². The molecule has 1 aromatic carbocycles. The maximum atomic E-state index is 14.0. The molecule has 1 aromatic rings. The number of benzene rings is 1. The molecule has 1 amide bonds. The summed E-state index contributed by atoms with van der Waals surface area (Å²) in [5.74, 6) is -0.472. The van der Waals surface area contributed by atoms with Gasteiger partial charge in [-0.3, -0.25) is 4.79 Å². The van der Waals surface area contributed by atoms with Crippen molar-refractivity contribution in [2.24, 2.45) is 5.92 Å². The van der Waals surface area contributed by atoms with Crippen molar-refractivity contribution in [3.63, 3.8) is 0 Å². The smallest absolute Gasteiger partial charge is 0.224 e. The van der Waals surface area contributed by atoms with Crippen molar-refractivity contribution in [2.75, 3.05) is 25.0 Å². The number of rotatable bonds is 3. The second kappa shape index (κ2) is 6.02. The molecule has 0 saturated carbocycles. The third-order valence-corrected chi connectivity index (χ3v) is 3.60. The summed E-state index contributed by atoms with van der Waals surface area (Å²) in [4.78, 5) is 13.6. The molecule has 4 nitrogen and oxygen atoms in total. The van der Waals surface area contributed by atoms with Crippen molar-refractivity contribution in [3.05, 3.63) is 29.6 Å². The molecule has 1 unspecified atom stereocenters. The Morgan fingerprint density at radius 1 is 1.58 bits per heavy atom. The molecule has 0 aromatic heterocycles. The molecule has 0 aliphatic carbocycles. The molecule has 1 aliphatic rings. The summed E-state index contributed by atoms with van der Waals surface area (Å²) in [7, 11) is 1.61. The molecular weight excluding hydrogens is 247 g/mol. The van der Waals surface area contributed by atoms with E-state index in [9.17, 15) is 14.3 Å². The van der Waals surface area contributed by atoms with Crippen LogP contribution in [0.25, 0.3) is 0 Å². The molecular formula is C14H19FN2O2. The summed E-state index contributed by atoms with van der Waals surface area (Å²) < 4.78 is 14.0. The van der Waals surface area contributed by atoms with Gasteiger partial charge in [-0.05, 0) is 18.9 Å². The van der Waals surface area contributed by atoms with Crippen molar-refractivity contribution in [2.45, 2.75) is 19.4 Å². The van der Waals surface area contributed by atoms with Gasteiger partial charge in [0.25, 0.3) is 0 Å². The van der Waals surface area contributed by atoms with Crippen molar-refractivity contribution in [3.8, 4) is 0 Å². The Hall–Kier alpha value is -1.62. The summed E-state index contributed by atoms with van der Waals surface area (Å²) in [6.07, 6.45) is 1.66. The topological polar surface area (TPSA) is 52.6 Å². The number of hydrogen-bond donors (Lipinski definition) is 2. The fraction of sp³-hybridized carbons (Fsp3) is 0.500. The molecule has 0 bridgehead atoms. The van der Waals surface area contributed by atoms with Crippen LogP contribution in [0.1, 0.15) is 18.4 Å². The van der Waals surface area contributed by atoms with Crippen LogP contribution < -0.4 is 10.2 Å². The minimum Gasteiger partial charge on any atom is -0.392 e. The van der Waals surface area contributed by atoms with Crippen LogP contribution in [-0.2, 0) is 11.4 Å². The van der Waals surface area contributed by atoms with E-state index in [1.807, 2.05) is 4.90 Å². The zero-order valence-corrected chi connectivity index (χ0v) is 11.0. The van der Waals surface area contributed by atoms with Gasteiger partial charge in [-0.25, -0.2) is 4.39 Å². The van der Waals surface area contributed by atoms with Crippen LogP contribution in [0, 0.1) is 11.7 Å². The molecule has 0 radical (unpaired) electrons. The van der Waals surface area contributed by atoms with Gasteiger partial charge in [0, 0.05) is 25.7 Å². The van der Waals surface area contributed by atoms with Crippen molar-refractivity contribution < 1.29 is 14.3 Å². The molecule has 1 heterocycles. The second-order valence-corrected chi connectivity index (χ2v) is 4.81. The number of anilines is 1.